The minimum atomic E-state index is -3.78. The van der Waals surface area contributed by atoms with Crippen molar-refractivity contribution < 1.29 is 21.6 Å². The van der Waals surface area contributed by atoms with E-state index in [-0.39, 0.29) is 31.3 Å². The van der Waals surface area contributed by atoms with Gasteiger partial charge in [-0.05, 0) is 0 Å². The lowest BCUT2D eigenvalue weighted by Crippen LogP contribution is -2.55. The maximum absolute atomic E-state index is 12.7. The van der Waals surface area contributed by atoms with Crippen LogP contribution in [0.2, 0.25) is 0 Å². The van der Waals surface area contributed by atoms with E-state index in [0.29, 0.717) is 0 Å². The van der Waals surface area contributed by atoms with Crippen LogP contribution in [-0.4, -0.2) is 91.8 Å². The molecule has 3 heterocycles. The van der Waals surface area contributed by atoms with Crippen LogP contribution in [0.1, 0.15) is 0 Å². The Morgan fingerprint density at radius 1 is 1.25 bits per heavy atom. The molecule has 1 aromatic rings. The first-order chi connectivity index (χ1) is 11.1. The lowest BCUT2D eigenvalue weighted by molar-refractivity contribution is -0.0169. The number of hydrogen-bond donors (Lipinski definition) is 0. The molecule has 0 spiro atoms. The van der Waals surface area contributed by atoms with E-state index in [9.17, 15) is 16.8 Å². The highest BCUT2D eigenvalue weighted by Crippen LogP contribution is 2.29. The predicted molar refractivity (Wildman–Crippen MR) is 84.8 cm³/mol. The van der Waals surface area contributed by atoms with E-state index in [0.717, 1.165) is 4.31 Å². The molecule has 12 heteroatoms. The monoisotopic (exact) mass is 379 g/mol. The summed E-state index contributed by atoms with van der Waals surface area (Å²) in [4.78, 5) is 3.90. The predicted octanol–water partition coefficient (Wildman–Crippen LogP) is -1.70. The molecule has 2 saturated heterocycles. The van der Waals surface area contributed by atoms with E-state index >= 15 is 0 Å². The van der Waals surface area contributed by atoms with Gasteiger partial charge < -0.3 is 9.30 Å². The van der Waals surface area contributed by atoms with Gasteiger partial charge >= 0.3 is 0 Å². The standard InChI is InChI=1S/C12H21N5O5S2/c1-14(2)24(20,21)17-4-5-22-11-7-16(6-10(11)17)23(18,19)12-8-15(3)9-13-12/h8-11H,4-7H2,1-3H3/t10-,11+/m0/s1. The van der Waals surface area contributed by atoms with Gasteiger partial charge in [0.05, 0.1) is 25.1 Å². The van der Waals surface area contributed by atoms with Crippen molar-refractivity contribution in [2.24, 2.45) is 7.05 Å². The third-order valence-corrected chi connectivity index (χ3v) is 7.95. The second-order valence-corrected chi connectivity index (χ2v) is 10.1. The van der Waals surface area contributed by atoms with Crippen molar-refractivity contribution in [3.63, 3.8) is 0 Å². The van der Waals surface area contributed by atoms with Crippen LogP contribution >= 0.6 is 0 Å². The second kappa shape index (κ2) is 6.04. The number of imidazole rings is 1. The van der Waals surface area contributed by atoms with Gasteiger partial charge in [-0.3, -0.25) is 0 Å². The average molecular weight is 379 g/mol. The summed E-state index contributed by atoms with van der Waals surface area (Å²) in [5.74, 6) is 0. The van der Waals surface area contributed by atoms with Crippen molar-refractivity contribution in [2.45, 2.75) is 17.2 Å². The van der Waals surface area contributed by atoms with E-state index in [1.54, 1.807) is 11.6 Å². The minimum Gasteiger partial charge on any atom is -0.374 e. The Balaban J connectivity index is 1.87. The fraction of sp³-hybridized carbons (Fsp3) is 0.750. The number of sulfonamides is 1. The van der Waals surface area contributed by atoms with Crippen LogP contribution in [0.25, 0.3) is 0 Å². The minimum absolute atomic E-state index is 0.0503. The number of morpholine rings is 1. The molecule has 2 atom stereocenters. The van der Waals surface area contributed by atoms with E-state index < -0.39 is 32.4 Å². The van der Waals surface area contributed by atoms with Crippen LogP contribution in [0.3, 0.4) is 0 Å². The van der Waals surface area contributed by atoms with Crippen molar-refractivity contribution in [1.29, 1.82) is 0 Å². The van der Waals surface area contributed by atoms with Crippen molar-refractivity contribution in [2.75, 3.05) is 40.3 Å². The first kappa shape index (κ1) is 17.8. The molecule has 0 radical (unpaired) electrons. The zero-order valence-corrected chi connectivity index (χ0v) is 15.4. The summed E-state index contributed by atoms with van der Waals surface area (Å²) >= 11 is 0. The Bertz CT molecular complexity index is 819. The molecule has 136 valence electrons. The molecule has 0 aliphatic carbocycles. The van der Waals surface area contributed by atoms with E-state index in [1.807, 2.05) is 0 Å². The van der Waals surface area contributed by atoms with E-state index in [2.05, 4.69) is 4.98 Å². The van der Waals surface area contributed by atoms with Crippen molar-refractivity contribution >= 4 is 20.2 Å². The summed E-state index contributed by atoms with van der Waals surface area (Å²) in [7, 11) is -2.82. The molecule has 0 aromatic carbocycles. The van der Waals surface area contributed by atoms with Gasteiger partial charge in [0.15, 0.2) is 5.03 Å². The summed E-state index contributed by atoms with van der Waals surface area (Å²) in [5.41, 5.74) is 0. The molecule has 3 rings (SSSR count). The van der Waals surface area contributed by atoms with Crippen LogP contribution < -0.4 is 0 Å². The molecule has 1 aromatic heterocycles. The highest BCUT2D eigenvalue weighted by atomic mass is 32.2. The summed E-state index contributed by atoms with van der Waals surface area (Å²) in [6.45, 7) is 0.616. The number of aryl methyl sites for hydroxylation is 1. The molecule has 2 fully saturated rings. The fourth-order valence-electron chi connectivity index (χ4n) is 2.97. The van der Waals surface area contributed by atoms with Crippen molar-refractivity contribution in [3.8, 4) is 0 Å². The molecule has 0 N–H and O–H groups in total. The molecule has 2 aliphatic heterocycles. The largest absolute Gasteiger partial charge is 0.374 e. The fourth-order valence-corrected chi connectivity index (χ4v) is 5.68. The smallest absolute Gasteiger partial charge is 0.281 e. The van der Waals surface area contributed by atoms with Crippen molar-refractivity contribution in [3.05, 3.63) is 12.5 Å². The van der Waals surface area contributed by atoms with Gasteiger partial charge in [-0.25, -0.2) is 13.4 Å². The van der Waals surface area contributed by atoms with Gasteiger partial charge in [0.1, 0.15) is 0 Å². The Hall–Kier alpha value is -1.05. The van der Waals surface area contributed by atoms with Gasteiger partial charge in [-0.15, -0.1) is 0 Å². The van der Waals surface area contributed by atoms with Crippen LogP contribution in [0, 0.1) is 0 Å². The summed E-state index contributed by atoms with van der Waals surface area (Å²) in [5, 5.41) is -0.0503. The van der Waals surface area contributed by atoms with Gasteiger partial charge in [0, 0.05) is 47.0 Å². The van der Waals surface area contributed by atoms with E-state index in [1.165, 1.54) is 35.2 Å². The topological polar surface area (TPSA) is 105 Å². The van der Waals surface area contributed by atoms with Crippen LogP contribution in [0.4, 0.5) is 0 Å². The maximum atomic E-state index is 12.7. The molecule has 10 nitrogen and oxygen atoms in total. The lowest BCUT2D eigenvalue weighted by atomic mass is 10.2. The number of ether oxygens (including phenoxy) is 1. The second-order valence-electron chi connectivity index (χ2n) is 6.08. The summed E-state index contributed by atoms with van der Waals surface area (Å²) in [6.07, 6.45) is 2.36. The third kappa shape index (κ3) is 2.86. The molecule has 0 unspecified atom stereocenters. The quantitative estimate of drug-likeness (QED) is 0.618. The zero-order valence-electron chi connectivity index (χ0n) is 13.7. The first-order valence-electron chi connectivity index (χ1n) is 7.43. The third-order valence-electron chi connectivity index (χ3n) is 4.26. The Labute approximate surface area is 141 Å². The number of rotatable bonds is 4. The molecule has 0 amide bonds. The number of nitrogens with zero attached hydrogens (tertiary/aromatic N) is 5. The molecular formula is C12H21N5O5S2. The van der Waals surface area contributed by atoms with Crippen LogP contribution in [0.15, 0.2) is 17.6 Å². The van der Waals surface area contributed by atoms with Gasteiger partial charge in [0.25, 0.3) is 20.2 Å². The Kier molecular flexibility index (Phi) is 4.47. The molecule has 2 aliphatic rings. The molecule has 24 heavy (non-hydrogen) atoms. The molecule has 0 bridgehead atoms. The van der Waals surface area contributed by atoms with Crippen LogP contribution in [-0.2, 0) is 32.0 Å². The first-order valence-corrected chi connectivity index (χ1v) is 10.3. The van der Waals surface area contributed by atoms with Crippen molar-refractivity contribution in [1.82, 2.24) is 22.5 Å². The van der Waals surface area contributed by atoms with Gasteiger partial charge in [0.2, 0.25) is 0 Å². The lowest BCUT2D eigenvalue weighted by Gasteiger charge is -2.37. The number of hydrogen-bond acceptors (Lipinski definition) is 6. The highest BCUT2D eigenvalue weighted by molar-refractivity contribution is 7.89. The molecule has 0 saturated carbocycles. The van der Waals surface area contributed by atoms with Gasteiger partial charge in [-0.1, -0.05) is 0 Å². The average Bonchev–Trinajstić information content (AvgIpc) is 3.12. The Morgan fingerprint density at radius 3 is 2.54 bits per heavy atom. The van der Waals surface area contributed by atoms with Crippen LogP contribution in [0.5, 0.6) is 0 Å². The Morgan fingerprint density at radius 2 is 1.96 bits per heavy atom. The number of fused-ring (bicyclic) bond motifs is 1. The molecular weight excluding hydrogens is 358 g/mol. The number of aromatic nitrogens is 2. The highest BCUT2D eigenvalue weighted by Gasteiger charge is 2.48. The normalized spacial score (nSPS) is 26.8. The maximum Gasteiger partial charge on any atom is 0.281 e. The summed E-state index contributed by atoms with van der Waals surface area (Å²) < 4.78 is 61.2. The van der Waals surface area contributed by atoms with E-state index in [4.69, 9.17) is 4.74 Å². The SMILES string of the molecule is CN(C)S(=O)(=O)N1CCO[C@@H]2CN(S(=O)(=O)c3cn(C)cn3)C[C@@H]21. The zero-order chi connectivity index (χ0) is 17.7. The summed E-state index contributed by atoms with van der Waals surface area (Å²) in [6, 6.07) is -0.537. The van der Waals surface area contributed by atoms with Gasteiger partial charge in [-0.2, -0.15) is 21.3 Å².